The van der Waals surface area contributed by atoms with Gasteiger partial charge >= 0.3 is 0 Å². The van der Waals surface area contributed by atoms with Gasteiger partial charge < -0.3 is 10.5 Å². The SMILES string of the molecule is CC1COCCC1(CN)N1CCCC1. The molecule has 0 aromatic rings. The predicted molar refractivity (Wildman–Crippen MR) is 57.2 cm³/mol. The van der Waals surface area contributed by atoms with E-state index in [-0.39, 0.29) is 5.54 Å². The third kappa shape index (κ3) is 1.58. The van der Waals surface area contributed by atoms with Crippen LogP contribution in [0, 0.1) is 5.92 Å². The molecular formula is C11H22N2O. The quantitative estimate of drug-likeness (QED) is 0.714. The van der Waals surface area contributed by atoms with Crippen LogP contribution in [-0.4, -0.2) is 43.3 Å². The fourth-order valence-electron chi connectivity index (χ4n) is 2.98. The standard InChI is InChI=1S/C11H22N2O/c1-10-8-14-7-4-11(10,9-12)13-5-2-3-6-13/h10H,2-9,12H2,1H3. The Morgan fingerprint density at radius 1 is 1.43 bits per heavy atom. The molecule has 3 nitrogen and oxygen atoms in total. The van der Waals surface area contributed by atoms with Crippen molar-refractivity contribution in [1.82, 2.24) is 4.90 Å². The molecule has 2 fully saturated rings. The van der Waals surface area contributed by atoms with Gasteiger partial charge in [-0.15, -0.1) is 0 Å². The Labute approximate surface area is 86.6 Å². The summed E-state index contributed by atoms with van der Waals surface area (Å²) in [5.74, 6) is 0.583. The van der Waals surface area contributed by atoms with E-state index in [4.69, 9.17) is 10.5 Å². The lowest BCUT2D eigenvalue weighted by atomic mass is 9.79. The molecule has 2 aliphatic rings. The number of likely N-dealkylation sites (tertiary alicyclic amines) is 1. The second kappa shape index (κ2) is 4.17. The second-order valence-electron chi connectivity index (χ2n) is 4.73. The molecule has 2 rings (SSSR count). The number of nitrogens with two attached hydrogens (primary N) is 1. The molecule has 0 aromatic carbocycles. The van der Waals surface area contributed by atoms with Gasteiger partial charge in [-0.3, -0.25) is 4.90 Å². The number of hydrogen-bond acceptors (Lipinski definition) is 3. The molecule has 2 aliphatic heterocycles. The minimum atomic E-state index is 0.245. The molecule has 2 N–H and O–H groups in total. The molecule has 3 heteroatoms. The van der Waals surface area contributed by atoms with Crippen molar-refractivity contribution >= 4 is 0 Å². The van der Waals surface area contributed by atoms with Crippen LogP contribution < -0.4 is 5.73 Å². The van der Waals surface area contributed by atoms with Crippen molar-refractivity contribution in [2.24, 2.45) is 11.7 Å². The van der Waals surface area contributed by atoms with Crippen LogP contribution in [0.2, 0.25) is 0 Å². The molecule has 0 amide bonds. The summed E-state index contributed by atoms with van der Waals surface area (Å²) < 4.78 is 5.52. The first-order valence-corrected chi connectivity index (χ1v) is 5.82. The highest BCUT2D eigenvalue weighted by molar-refractivity contribution is 4.99. The molecule has 14 heavy (non-hydrogen) atoms. The maximum absolute atomic E-state index is 6.01. The zero-order valence-corrected chi connectivity index (χ0v) is 9.17. The van der Waals surface area contributed by atoms with E-state index in [0.717, 1.165) is 26.2 Å². The minimum Gasteiger partial charge on any atom is -0.381 e. The lowest BCUT2D eigenvalue weighted by Crippen LogP contribution is -2.60. The second-order valence-corrected chi connectivity index (χ2v) is 4.73. The van der Waals surface area contributed by atoms with Gasteiger partial charge in [0.15, 0.2) is 0 Å². The maximum Gasteiger partial charge on any atom is 0.0509 e. The van der Waals surface area contributed by atoms with Crippen molar-refractivity contribution in [2.45, 2.75) is 31.7 Å². The van der Waals surface area contributed by atoms with Crippen molar-refractivity contribution in [3.63, 3.8) is 0 Å². The molecule has 2 heterocycles. The first-order chi connectivity index (χ1) is 6.79. The lowest BCUT2D eigenvalue weighted by molar-refractivity contribution is -0.0574. The van der Waals surface area contributed by atoms with Gasteiger partial charge in [-0.05, 0) is 38.3 Å². The molecule has 0 spiro atoms. The number of ether oxygens (including phenoxy) is 1. The first kappa shape index (κ1) is 10.4. The van der Waals surface area contributed by atoms with E-state index in [9.17, 15) is 0 Å². The van der Waals surface area contributed by atoms with Crippen LogP contribution in [0.1, 0.15) is 26.2 Å². The Kier molecular flexibility index (Phi) is 3.10. The van der Waals surface area contributed by atoms with Crippen molar-refractivity contribution in [1.29, 1.82) is 0 Å². The van der Waals surface area contributed by atoms with Crippen LogP contribution in [0.3, 0.4) is 0 Å². The fraction of sp³-hybridized carbons (Fsp3) is 1.00. The topological polar surface area (TPSA) is 38.5 Å². The van der Waals surface area contributed by atoms with Crippen molar-refractivity contribution in [3.05, 3.63) is 0 Å². The number of hydrogen-bond donors (Lipinski definition) is 1. The van der Waals surface area contributed by atoms with Crippen LogP contribution in [0.25, 0.3) is 0 Å². The highest BCUT2D eigenvalue weighted by atomic mass is 16.5. The Morgan fingerprint density at radius 3 is 2.71 bits per heavy atom. The summed E-state index contributed by atoms with van der Waals surface area (Å²) in [4.78, 5) is 2.61. The molecule has 0 aliphatic carbocycles. The van der Waals surface area contributed by atoms with E-state index in [1.54, 1.807) is 0 Å². The van der Waals surface area contributed by atoms with Crippen LogP contribution in [0.4, 0.5) is 0 Å². The number of nitrogens with zero attached hydrogens (tertiary/aromatic N) is 1. The van der Waals surface area contributed by atoms with Gasteiger partial charge in [0.2, 0.25) is 0 Å². The summed E-state index contributed by atoms with van der Waals surface area (Å²) in [6.07, 6.45) is 3.80. The molecule has 2 atom stereocenters. The van der Waals surface area contributed by atoms with Crippen molar-refractivity contribution in [3.8, 4) is 0 Å². The van der Waals surface area contributed by atoms with Gasteiger partial charge in [0.1, 0.15) is 0 Å². The third-order valence-corrected chi connectivity index (χ3v) is 4.05. The Balaban J connectivity index is 2.12. The highest BCUT2D eigenvalue weighted by Crippen LogP contribution is 2.34. The van der Waals surface area contributed by atoms with Gasteiger partial charge in [-0.2, -0.15) is 0 Å². The third-order valence-electron chi connectivity index (χ3n) is 4.05. The largest absolute Gasteiger partial charge is 0.381 e. The van der Waals surface area contributed by atoms with Gasteiger partial charge in [-0.1, -0.05) is 6.92 Å². The zero-order valence-electron chi connectivity index (χ0n) is 9.17. The van der Waals surface area contributed by atoms with E-state index < -0.39 is 0 Å². The molecule has 0 radical (unpaired) electrons. The molecule has 2 saturated heterocycles. The van der Waals surface area contributed by atoms with Gasteiger partial charge in [0.05, 0.1) is 6.61 Å². The Hall–Kier alpha value is -0.120. The summed E-state index contributed by atoms with van der Waals surface area (Å²) in [5.41, 5.74) is 6.26. The molecule has 2 unspecified atom stereocenters. The Bertz CT molecular complexity index is 192. The maximum atomic E-state index is 6.01. The highest BCUT2D eigenvalue weighted by Gasteiger charge is 2.43. The summed E-state index contributed by atoms with van der Waals surface area (Å²) in [6.45, 7) is 7.32. The molecule has 82 valence electrons. The van der Waals surface area contributed by atoms with Gasteiger partial charge in [0.25, 0.3) is 0 Å². The molecule has 0 bridgehead atoms. The van der Waals surface area contributed by atoms with E-state index in [0.29, 0.717) is 5.92 Å². The average molecular weight is 198 g/mol. The smallest absolute Gasteiger partial charge is 0.0509 e. The van der Waals surface area contributed by atoms with Gasteiger partial charge in [0, 0.05) is 18.7 Å². The van der Waals surface area contributed by atoms with Crippen LogP contribution >= 0.6 is 0 Å². The molecular weight excluding hydrogens is 176 g/mol. The summed E-state index contributed by atoms with van der Waals surface area (Å²) in [6, 6.07) is 0. The number of rotatable bonds is 2. The van der Waals surface area contributed by atoms with Gasteiger partial charge in [-0.25, -0.2) is 0 Å². The van der Waals surface area contributed by atoms with E-state index >= 15 is 0 Å². The monoisotopic (exact) mass is 198 g/mol. The van der Waals surface area contributed by atoms with Crippen LogP contribution in [0.15, 0.2) is 0 Å². The van der Waals surface area contributed by atoms with Crippen molar-refractivity contribution in [2.75, 3.05) is 32.8 Å². The summed E-state index contributed by atoms with van der Waals surface area (Å²) >= 11 is 0. The summed E-state index contributed by atoms with van der Waals surface area (Å²) in [7, 11) is 0. The predicted octanol–water partition coefficient (Wildman–Crippen LogP) is 0.836. The van der Waals surface area contributed by atoms with Crippen LogP contribution in [-0.2, 0) is 4.74 Å². The van der Waals surface area contributed by atoms with E-state index in [2.05, 4.69) is 11.8 Å². The average Bonchev–Trinajstić information content (AvgIpc) is 2.72. The zero-order chi connectivity index (χ0) is 10.0. The van der Waals surface area contributed by atoms with Crippen LogP contribution in [0.5, 0.6) is 0 Å². The van der Waals surface area contributed by atoms with Crippen molar-refractivity contribution < 1.29 is 4.74 Å². The van der Waals surface area contributed by atoms with E-state index in [1.807, 2.05) is 0 Å². The molecule has 0 aromatic heterocycles. The van der Waals surface area contributed by atoms with E-state index in [1.165, 1.54) is 25.9 Å². The fourth-order valence-corrected chi connectivity index (χ4v) is 2.98. The lowest BCUT2D eigenvalue weighted by Gasteiger charge is -2.48. The Morgan fingerprint density at radius 2 is 2.14 bits per heavy atom. The minimum absolute atomic E-state index is 0.245. The molecule has 0 saturated carbocycles. The summed E-state index contributed by atoms with van der Waals surface area (Å²) in [5, 5.41) is 0. The first-order valence-electron chi connectivity index (χ1n) is 5.82. The normalized spacial score (nSPS) is 40.3.